The zero-order valence-corrected chi connectivity index (χ0v) is 12.2. The molecule has 4 nitrogen and oxygen atoms in total. The molecule has 2 rings (SSSR count). The zero-order chi connectivity index (χ0) is 16.9. The fourth-order valence-electron chi connectivity index (χ4n) is 1.96. The number of anilines is 2. The quantitative estimate of drug-likeness (QED) is 0.800. The number of carbonyl (C=O) groups is 1. The van der Waals surface area contributed by atoms with E-state index in [1.807, 2.05) is 12.1 Å². The van der Waals surface area contributed by atoms with Crippen molar-refractivity contribution in [1.29, 1.82) is 0 Å². The molecule has 0 heterocycles. The number of carbonyl (C=O) groups excluding carboxylic acids is 1. The minimum atomic E-state index is -4.40. The lowest BCUT2D eigenvalue weighted by atomic mass is 10.1. The molecule has 0 atom stereocenters. The summed E-state index contributed by atoms with van der Waals surface area (Å²) in [5.41, 5.74) is 6.60. The summed E-state index contributed by atoms with van der Waals surface area (Å²) in [4.78, 5) is 11.8. The molecule has 0 unspecified atom stereocenters. The number of halogens is 3. The summed E-state index contributed by atoms with van der Waals surface area (Å²) in [5.74, 6) is 0. The van der Waals surface area contributed by atoms with Gasteiger partial charge < -0.3 is 16.4 Å². The Hall–Kier alpha value is -2.54. The van der Waals surface area contributed by atoms with Crippen LogP contribution < -0.4 is 16.4 Å². The number of nitrogens with one attached hydrogen (secondary N) is 2. The molecule has 0 aromatic heterocycles. The van der Waals surface area contributed by atoms with Gasteiger partial charge >= 0.3 is 12.2 Å². The van der Waals surface area contributed by atoms with Crippen molar-refractivity contribution < 1.29 is 18.0 Å². The number of nitrogens with two attached hydrogens (primary N) is 1. The van der Waals surface area contributed by atoms with E-state index < -0.39 is 17.8 Å². The Morgan fingerprint density at radius 1 is 0.913 bits per heavy atom. The second-order valence-corrected chi connectivity index (χ2v) is 4.89. The summed E-state index contributed by atoms with van der Waals surface area (Å²) in [7, 11) is 0. The number of hydrogen-bond acceptors (Lipinski definition) is 2. The highest BCUT2D eigenvalue weighted by atomic mass is 19.4. The van der Waals surface area contributed by atoms with Gasteiger partial charge in [-0.3, -0.25) is 0 Å². The van der Waals surface area contributed by atoms with Gasteiger partial charge in [0.05, 0.1) is 5.56 Å². The Bertz CT molecular complexity index is 652. The van der Waals surface area contributed by atoms with Gasteiger partial charge in [-0.15, -0.1) is 0 Å². The van der Waals surface area contributed by atoms with Crippen molar-refractivity contribution in [3.8, 4) is 0 Å². The Morgan fingerprint density at radius 3 is 1.83 bits per heavy atom. The number of rotatable bonds is 4. The molecule has 0 saturated carbocycles. The number of urea groups is 1. The standard InChI is InChI=1S/C16H16F3N3O/c17-16(18,19)12-3-7-14(8-4-12)22-15(23)21-13-5-1-11(2-6-13)9-10-20/h1-8H,9-10,20H2,(H2,21,22,23). The maximum Gasteiger partial charge on any atom is 0.416 e. The van der Waals surface area contributed by atoms with E-state index in [9.17, 15) is 18.0 Å². The summed E-state index contributed by atoms with van der Waals surface area (Å²) in [6.45, 7) is 0.543. The Kier molecular flexibility index (Phi) is 5.23. The largest absolute Gasteiger partial charge is 0.416 e. The molecule has 4 N–H and O–H groups in total. The molecule has 0 saturated heterocycles. The zero-order valence-electron chi connectivity index (χ0n) is 12.2. The molecular formula is C16H16F3N3O. The molecular weight excluding hydrogens is 307 g/mol. The monoisotopic (exact) mass is 323 g/mol. The lowest BCUT2D eigenvalue weighted by Crippen LogP contribution is -2.19. The first-order valence-corrected chi connectivity index (χ1v) is 6.93. The maximum atomic E-state index is 12.4. The van der Waals surface area contributed by atoms with Gasteiger partial charge in [0.2, 0.25) is 0 Å². The SMILES string of the molecule is NCCc1ccc(NC(=O)Nc2ccc(C(F)(F)F)cc2)cc1. The summed E-state index contributed by atoms with van der Waals surface area (Å²) in [5, 5.41) is 5.07. The smallest absolute Gasteiger partial charge is 0.330 e. The predicted octanol–water partition coefficient (Wildman–Crippen LogP) is 3.85. The highest BCUT2D eigenvalue weighted by molar-refractivity contribution is 5.99. The van der Waals surface area contributed by atoms with Gasteiger partial charge in [0, 0.05) is 11.4 Å². The van der Waals surface area contributed by atoms with Gasteiger partial charge in [-0.25, -0.2) is 4.79 Å². The summed E-state index contributed by atoms with van der Waals surface area (Å²) < 4.78 is 37.3. The van der Waals surface area contributed by atoms with Gasteiger partial charge in [-0.1, -0.05) is 12.1 Å². The van der Waals surface area contributed by atoms with Crippen LogP contribution in [0.2, 0.25) is 0 Å². The van der Waals surface area contributed by atoms with Crippen molar-refractivity contribution in [1.82, 2.24) is 0 Å². The molecule has 2 aromatic carbocycles. The molecule has 2 amide bonds. The molecule has 0 radical (unpaired) electrons. The highest BCUT2D eigenvalue weighted by Gasteiger charge is 2.29. The molecule has 0 spiro atoms. The fourth-order valence-corrected chi connectivity index (χ4v) is 1.96. The molecule has 23 heavy (non-hydrogen) atoms. The molecule has 0 aliphatic heterocycles. The van der Waals surface area contributed by atoms with Crippen molar-refractivity contribution in [2.45, 2.75) is 12.6 Å². The molecule has 122 valence electrons. The second-order valence-electron chi connectivity index (χ2n) is 4.89. The number of benzene rings is 2. The lowest BCUT2D eigenvalue weighted by Gasteiger charge is -2.10. The van der Waals surface area contributed by atoms with Crippen LogP contribution in [0.15, 0.2) is 48.5 Å². The minimum absolute atomic E-state index is 0.273. The Balaban J connectivity index is 1.94. The van der Waals surface area contributed by atoms with Crippen LogP contribution in [-0.2, 0) is 12.6 Å². The second kappa shape index (κ2) is 7.15. The molecule has 7 heteroatoms. The molecule has 2 aromatic rings. The van der Waals surface area contributed by atoms with Gasteiger partial charge in [-0.2, -0.15) is 13.2 Å². The normalized spacial score (nSPS) is 11.1. The van der Waals surface area contributed by atoms with E-state index in [1.165, 1.54) is 12.1 Å². The van der Waals surface area contributed by atoms with Crippen LogP contribution in [0.25, 0.3) is 0 Å². The first kappa shape index (κ1) is 16.8. The van der Waals surface area contributed by atoms with Crippen LogP contribution in [-0.4, -0.2) is 12.6 Å². The molecule has 0 aliphatic carbocycles. The van der Waals surface area contributed by atoms with Crippen molar-refractivity contribution in [3.63, 3.8) is 0 Å². The van der Waals surface area contributed by atoms with Gasteiger partial charge in [-0.05, 0) is 54.9 Å². The third kappa shape index (κ3) is 5.00. The molecule has 0 aliphatic rings. The fraction of sp³-hybridized carbons (Fsp3) is 0.188. The van der Waals surface area contributed by atoms with Crippen LogP contribution in [0.3, 0.4) is 0 Å². The lowest BCUT2D eigenvalue weighted by molar-refractivity contribution is -0.137. The topological polar surface area (TPSA) is 67.1 Å². The summed E-state index contributed by atoms with van der Waals surface area (Å²) >= 11 is 0. The van der Waals surface area contributed by atoms with Crippen molar-refractivity contribution >= 4 is 17.4 Å². The number of hydrogen-bond donors (Lipinski definition) is 3. The van der Waals surface area contributed by atoms with E-state index in [0.29, 0.717) is 12.2 Å². The van der Waals surface area contributed by atoms with Crippen molar-refractivity contribution in [3.05, 3.63) is 59.7 Å². The van der Waals surface area contributed by atoms with Gasteiger partial charge in [0.1, 0.15) is 0 Å². The van der Waals surface area contributed by atoms with E-state index in [-0.39, 0.29) is 5.69 Å². The summed E-state index contributed by atoms with van der Waals surface area (Å²) in [6, 6.07) is 10.9. The number of amides is 2. The van der Waals surface area contributed by atoms with Crippen LogP contribution >= 0.6 is 0 Å². The number of alkyl halides is 3. The third-order valence-electron chi connectivity index (χ3n) is 3.11. The van der Waals surface area contributed by atoms with E-state index in [1.54, 1.807) is 12.1 Å². The van der Waals surface area contributed by atoms with Crippen molar-refractivity contribution in [2.75, 3.05) is 17.2 Å². The Morgan fingerprint density at radius 2 is 1.39 bits per heavy atom. The predicted molar refractivity (Wildman–Crippen MR) is 83.3 cm³/mol. The van der Waals surface area contributed by atoms with E-state index in [4.69, 9.17) is 5.73 Å². The first-order valence-electron chi connectivity index (χ1n) is 6.93. The van der Waals surface area contributed by atoms with E-state index in [0.717, 1.165) is 24.1 Å². The first-order chi connectivity index (χ1) is 10.9. The molecule has 0 bridgehead atoms. The third-order valence-corrected chi connectivity index (χ3v) is 3.11. The highest BCUT2D eigenvalue weighted by Crippen LogP contribution is 2.29. The van der Waals surface area contributed by atoms with Crippen LogP contribution in [0, 0.1) is 0 Å². The van der Waals surface area contributed by atoms with Crippen LogP contribution in [0.1, 0.15) is 11.1 Å². The minimum Gasteiger partial charge on any atom is -0.330 e. The van der Waals surface area contributed by atoms with Gasteiger partial charge in [0.25, 0.3) is 0 Å². The van der Waals surface area contributed by atoms with Gasteiger partial charge in [0.15, 0.2) is 0 Å². The average molecular weight is 323 g/mol. The average Bonchev–Trinajstić information content (AvgIpc) is 2.49. The van der Waals surface area contributed by atoms with Crippen LogP contribution in [0.4, 0.5) is 29.3 Å². The van der Waals surface area contributed by atoms with Crippen molar-refractivity contribution in [2.24, 2.45) is 5.73 Å². The van der Waals surface area contributed by atoms with E-state index in [2.05, 4.69) is 10.6 Å². The Labute approximate surface area is 131 Å². The summed E-state index contributed by atoms with van der Waals surface area (Å²) in [6.07, 6.45) is -3.65. The maximum absolute atomic E-state index is 12.4. The van der Waals surface area contributed by atoms with Crippen LogP contribution in [0.5, 0.6) is 0 Å². The van der Waals surface area contributed by atoms with E-state index >= 15 is 0 Å². The molecule has 0 fully saturated rings.